The topological polar surface area (TPSA) is 88.0 Å². The van der Waals surface area contributed by atoms with Crippen LogP contribution in [0.4, 0.5) is 10.5 Å². The Balaban J connectivity index is 2.59. The van der Waals surface area contributed by atoms with Crippen LogP contribution in [-0.2, 0) is 0 Å². The standard InChI is InChI=1S/C9H7N3O2S/c10-9(14)12-11-7-5-3-1-2-4-6(5)15-8(7)13/h1-4,13H,(H2,10,14). The number of hydrogen-bond donors (Lipinski definition) is 2. The highest BCUT2D eigenvalue weighted by molar-refractivity contribution is 7.21. The van der Waals surface area contributed by atoms with Crippen molar-refractivity contribution in [2.24, 2.45) is 16.0 Å². The van der Waals surface area contributed by atoms with E-state index in [1.54, 1.807) is 6.07 Å². The molecule has 0 fully saturated rings. The molecule has 0 aliphatic carbocycles. The quantitative estimate of drug-likeness (QED) is 0.725. The molecule has 0 radical (unpaired) electrons. The number of thiophene rings is 1. The normalized spacial score (nSPS) is 11.2. The average Bonchev–Trinajstić information content (AvgIpc) is 2.50. The van der Waals surface area contributed by atoms with Crippen molar-refractivity contribution in [3.8, 4) is 5.06 Å². The summed E-state index contributed by atoms with van der Waals surface area (Å²) in [4.78, 5) is 10.4. The van der Waals surface area contributed by atoms with Crippen molar-refractivity contribution < 1.29 is 9.90 Å². The summed E-state index contributed by atoms with van der Waals surface area (Å²) in [6.07, 6.45) is 0. The third kappa shape index (κ3) is 1.79. The summed E-state index contributed by atoms with van der Waals surface area (Å²) in [5.74, 6) is 0. The number of amides is 2. The van der Waals surface area contributed by atoms with Gasteiger partial charge in [0.05, 0.1) is 0 Å². The fraction of sp³-hybridized carbons (Fsp3) is 0. The number of rotatable bonds is 1. The molecule has 1 heterocycles. The number of primary amides is 1. The second-order valence-electron chi connectivity index (χ2n) is 2.79. The van der Waals surface area contributed by atoms with Gasteiger partial charge in [0.25, 0.3) is 0 Å². The van der Waals surface area contributed by atoms with Crippen LogP contribution in [0.3, 0.4) is 0 Å². The number of nitrogens with two attached hydrogens (primary N) is 1. The highest BCUT2D eigenvalue weighted by atomic mass is 32.1. The molecule has 0 saturated heterocycles. The molecule has 0 spiro atoms. The summed E-state index contributed by atoms with van der Waals surface area (Å²) in [5, 5.41) is 17.1. The van der Waals surface area contributed by atoms with Gasteiger partial charge in [0.15, 0.2) is 0 Å². The number of carbonyl (C=O) groups is 1. The van der Waals surface area contributed by atoms with Crippen molar-refractivity contribution in [1.82, 2.24) is 0 Å². The molecular weight excluding hydrogens is 214 g/mol. The van der Waals surface area contributed by atoms with E-state index in [0.717, 1.165) is 10.1 Å². The van der Waals surface area contributed by atoms with E-state index in [-0.39, 0.29) is 10.8 Å². The minimum Gasteiger partial charge on any atom is -0.498 e. The van der Waals surface area contributed by atoms with Crippen LogP contribution >= 0.6 is 11.3 Å². The Morgan fingerprint density at radius 1 is 1.40 bits per heavy atom. The van der Waals surface area contributed by atoms with Gasteiger partial charge in [0.1, 0.15) is 5.69 Å². The van der Waals surface area contributed by atoms with Crippen molar-refractivity contribution in [2.45, 2.75) is 0 Å². The first-order valence-electron chi connectivity index (χ1n) is 4.10. The van der Waals surface area contributed by atoms with Gasteiger partial charge in [0, 0.05) is 10.1 Å². The van der Waals surface area contributed by atoms with Crippen LogP contribution in [0.25, 0.3) is 10.1 Å². The zero-order chi connectivity index (χ0) is 10.8. The van der Waals surface area contributed by atoms with Crippen LogP contribution in [0.1, 0.15) is 0 Å². The molecule has 0 unspecified atom stereocenters. The average molecular weight is 221 g/mol. The molecule has 1 aromatic carbocycles. The molecule has 5 nitrogen and oxygen atoms in total. The SMILES string of the molecule is NC(=O)N=Nc1c(O)sc2ccccc12. The van der Waals surface area contributed by atoms with Gasteiger partial charge < -0.3 is 10.8 Å². The van der Waals surface area contributed by atoms with E-state index >= 15 is 0 Å². The highest BCUT2D eigenvalue weighted by Crippen LogP contribution is 2.43. The number of carbonyl (C=O) groups excluding carboxylic acids is 1. The molecule has 3 N–H and O–H groups in total. The lowest BCUT2D eigenvalue weighted by Crippen LogP contribution is -2.01. The van der Waals surface area contributed by atoms with Gasteiger partial charge in [0.2, 0.25) is 5.06 Å². The third-order valence-electron chi connectivity index (χ3n) is 1.80. The summed E-state index contributed by atoms with van der Waals surface area (Å²) >= 11 is 1.18. The predicted molar refractivity (Wildman–Crippen MR) is 57.6 cm³/mol. The van der Waals surface area contributed by atoms with E-state index in [4.69, 9.17) is 5.73 Å². The minimum atomic E-state index is -0.885. The number of azo groups is 1. The zero-order valence-corrected chi connectivity index (χ0v) is 8.36. The summed E-state index contributed by atoms with van der Waals surface area (Å²) < 4.78 is 0.883. The predicted octanol–water partition coefficient (Wildman–Crippen LogP) is 2.77. The van der Waals surface area contributed by atoms with Gasteiger partial charge in [-0.1, -0.05) is 34.7 Å². The van der Waals surface area contributed by atoms with Crippen molar-refractivity contribution in [3.63, 3.8) is 0 Å². The van der Waals surface area contributed by atoms with Crippen molar-refractivity contribution in [1.29, 1.82) is 0 Å². The highest BCUT2D eigenvalue weighted by Gasteiger charge is 2.10. The summed E-state index contributed by atoms with van der Waals surface area (Å²) in [5.41, 5.74) is 5.11. The summed E-state index contributed by atoms with van der Waals surface area (Å²) in [6.45, 7) is 0. The Bertz CT molecular complexity index is 547. The number of urea groups is 1. The third-order valence-corrected chi connectivity index (χ3v) is 2.76. The molecule has 15 heavy (non-hydrogen) atoms. The van der Waals surface area contributed by atoms with E-state index in [1.165, 1.54) is 11.3 Å². The molecule has 0 aliphatic rings. The van der Waals surface area contributed by atoms with Gasteiger partial charge in [-0.2, -0.15) is 0 Å². The molecule has 0 bridgehead atoms. The lowest BCUT2D eigenvalue weighted by Gasteiger charge is -1.89. The summed E-state index contributed by atoms with van der Waals surface area (Å²) in [6, 6.07) is 6.43. The van der Waals surface area contributed by atoms with E-state index in [0.29, 0.717) is 0 Å². The fourth-order valence-corrected chi connectivity index (χ4v) is 2.09. The molecule has 2 amide bonds. The first-order chi connectivity index (χ1) is 7.18. The minimum absolute atomic E-state index is 0.0289. The van der Waals surface area contributed by atoms with Gasteiger partial charge in [-0.3, -0.25) is 0 Å². The Kier molecular flexibility index (Phi) is 2.34. The number of benzene rings is 1. The molecular formula is C9H7N3O2S. The molecule has 0 aliphatic heterocycles. The Hall–Kier alpha value is -1.95. The van der Waals surface area contributed by atoms with Crippen LogP contribution < -0.4 is 5.73 Å². The van der Waals surface area contributed by atoms with Crippen LogP contribution in [-0.4, -0.2) is 11.1 Å². The largest absolute Gasteiger partial charge is 0.498 e. The number of nitrogens with zero attached hydrogens (tertiary/aromatic N) is 2. The van der Waals surface area contributed by atoms with Gasteiger partial charge in [-0.15, -0.1) is 5.11 Å². The van der Waals surface area contributed by atoms with Crippen LogP contribution in [0.2, 0.25) is 0 Å². The Labute approximate surface area is 88.9 Å². The first kappa shape index (κ1) is 9.60. The summed E-state index contributed by atoms with van der Waals surface area (Å²) in [7, 11) is 0. The van der Waals surface area contributed by atoms with Crippen LogP contribution in [0.5, 0.6) is 5.06 Å². The van der Waals surface area contributed by atoms with Crippen molar-refractivity contribution >= 4 is 33.1 Å². The van der Waals surface area contributed by atoms with Gasteiger partial charge >= 0.3 is 6.03 Å². The lowest BCUT2D eigenvalue weighted by molar-refractivity contribution is 0.255. The monoisotopic (exact) mass is 221 g/mol. The van der Waals surface area contributed by atoms with E-state index < -0.39 is 6.03 Å². The molecule has 2 rings (SSSR count). The maximum absolute atomic E-state index is 10.4. The molecule has 6 heteroatoms. The Morgan fingerprint density at radius 2 is 2.13 bits per heavy atom. The maximum atomic E-state index is 10.4. The van der Waals surface area contributed by atoms with Crippen molar-refractivity contribution in [3.05, 3.63) is 24.3 Å². The van der Waals surface area contributed by atoms with E-state index in [1.807, 2.05) is 18.2 Å². The molecule has 0 atom stereocenters. The number of fused-ring (bicyclic) bond motifs is 1. The van der Waals surface area contributed by atoms with E-state index in [9.17, 15) is 9.90 Å². The number of hydrogen-bond acceptors (Lipinski definition) is 4. The zero-order valence-electron chi connectivity index (χ0n) is 7.54. The smallest absolute Gasteiger partial charge is 0.356 e. The van der Waals surface area contributed by atoms with Gasteiger partial charge in [-0.25, -0.2) is 4.79 Å². The second kappa shape index (κ2) is 3.66. The maximum Gasteiger partial charge on any atom is 0.356 e. The van der Waals surface area contributed by atoms with Crippen LogP contribution in [0, 0.1) is 0 Å². The number of aromatic hydroxyl groups is 1. The van der Waals surface area contributed by atoms with Crippen molar-refractivity contribution in [2.75, 3.05) is 0 Å². The fourth-order valence-electron chi connectivity index (χ4n) is 1.21. The Morgan fingerprint density at radius 3 is 2.87 bits per heavy atom. The second-order valence-corrected chi connectivity index (χ2v) is 3.82. The molecule has 0 saturated carbocycles. The molecule has 76 valence electrons. The van der Waals surface area contributed by atoms with Crippen LogP contribution in [0.15, 0.2) is 34.5 Å². The first-order valence-corrected chi connectivity index (χ1v) is 4.92. The molecule has 2 aromatic rings. The van der Waals surface area contributed by atoms with Gasteiger partial charge in [-0.05, 0) is 6.07 Å². The van der Waals surface area contributed by atoms with E-state index in [2.05, 4.69) is 10.2 Å². The lowest BCUT2D eigenvalue weighted by atomic mass is 10.2. The molecule has 1 aromatic heterocycles.